The minimum Gasteiger partial charge on any atom is -0.486 e. The van der Waals surface area contributed by atoms with Crippen molar-refractivity contribution < 1.29 is 24.2 Å². The number of nitrogens with one attached hydrogen (secondary N) is 1. The Bertz CT molecular complexity index is 532. The lowest BCUT2D eigenvalue weighted by molar-refractivity contribution is -0.137. The van der Waals surface area contributed by atoms with Crippen molar-refractivity contribution in [2.24, 2.45) is 0 Å². The molecule has 2 N–H and O–H groups in total. The number of carbonyl (C=O) groups is 2. The zero-order valence-electron chi connectivity index (χ0n) is 10.6. The van der Waals surface area contributed by atoms with Crippen LogP contribution in [0.5, 0.6) is 11.5 Å². The van der Waals surface area contributed by atoms with Crippen molar-refractivity contribution >= 4 is 27.8 Å². The van der Waals surface area contributed by atoms with Crippen LogP contribution < -0.4 is 14.8 Å². The van der Waals surface area contributed by atoms with E-state index in [1.165, 1.54) is 0 Å². The summed E-state index contributed by atoms with van der Waals surface area (Å²) in [6.45, 7) is 1.24. The molecule has 0 fully saturated rings. The van der Waals surface area contributed by atoms with Gasteiger partial charge in [0.1, 0.15) is 13.2 Å². The molecule has 1 aliphatic heterocycles. The van der Waals surface area contributed by atoms with E-state index in [1.807, 2.05) is 0 Å². The van der Waals surface area contributed by atoms with Gasteiger partial charge in [-0.25, -0.2) is 0 Å². The lowest BCUT2D eigenvalue weighted by atomic mass is 10.1. The first-order valence-electron chi connectivity index (χ1n) is 6.17. The van der Waals surface area contributed by atoms with Crippen LogP contribution in [-0.4, -0.2) is 36.7 Å². The average Bonchev–Trinajstić information content (AvgIpc) is 2.43. The normalized spacial score (nSPS) is 12.8. The van der Waals surface area contributed by atoms with Gasteiger partial charge in [-0.15, -0.1) is 0 Å². The topological polar surface area (TPSA) is 84.9 Å². The number of carbonyl (C=O) groups excluding carboxylic acids is 1. The maximum Gasteiger partial charge on any atom is 0.303 e. The molecule has 1 heterocycles. The van der Waals surface area contributed by atoms with Crippen molar-refractivity contribution in [3.63, 3.8) is 0 Å². The fourth-order valence-electron chi connectivity index (χ4n) is 1.79. The van der Waals surface area contributed by atoms with Gasteiger partial charge in [0, 0.05) is 18.5 Å². The smallest absolute Gasteiger partial charge is 0.303 e. The molecule has 0 atom stereocenters. The summed E-state index contributed by atoms with van der Waals surface area (Å²) in [5.74, 6) is -0.0191. The molecule has 0 radical (unpaired) electrons. The third kappa shape index (κ3) is 3.63. The Morgan fingerprint density at radius 3 is 2.80 bits per heavy atom. The van der Waals surface area contributed by atoms with Crippen molar-refractivity contribution in [1.82, 2.24) is 5.32 Å². The number of rotatable bonds is 5. The number of hydrogen-bond donors (Lipinski definition) is 2. The lowest BCUT2D eigenvalue weighted by Crippen LogP contribution is -2.25. The first-order valence-corrected chi connectivity index (χ1v) is 6.96. The molecule has 1 aromatic carbocycles. The highest BCUT2D eigenvalue weighted by Crippen LogP contribution is 2.38. The summed E-state index contributed by atoms with van der Waals surface area (Å²) in [4.78, 5) is 22.3. The quantitative estimate of drug-likeness (QED) is 0.796. The van der Waals surface area contributed by atoms with Crippen LogP contribution in [0.3, 0.4) is 0 Å². The van der Waals surface area contributed by atoms with Gasteiger partial charge in [-0.05, 0) is 34.5 Å². The van der Waals surface area contributed by atoms with Crippen molar-refractivity contribution in [3.8, 4) is 11.5 Å². The molecular weight excluding hydrogens is 330 g/mol. The molecule has 108 valence electrons. The zero-order valence-corrected chi connectivity index (χ0v) is 12.2. The predicted molar refractivity (Wildman–Crippen MR) is 74.3 cm³/mol. The number of ether oxygens (including phenoxy) is 2. The van der Waals surface area contributed by atoms with Crippen LogP contribution in [0.4, 0.5) is 0 Å². The van der Waals surface area contributed by atoms with Gasteiger partial charge >= 0.3 is 5.97 Å². The Morgan fingerprint density at radius 1 is 1.30 bits per heavy atom. The molecule has 0 spiro atoms. The van der Waals surface area contributed by atoms with Crippen molar-refractivity contribution in [2.75, 3.05) is 19.8 Å². The zero-order chi connectivity index (χ0) is 14.5. The molecule has 0 bridgehead atoms. The molecule has 0 saturated carbocycles. The van der Waals surface area contributed by atoms with E-state index in [2.05, 4.69) is 21.2 Å². The molecule has 2 rings (SSSR count). The molecule has 1 amide bonds. The van der Waals surface area contributed by atoms with Crippen LogP contribution in [0.2, 0.25) is 0 Å². The van der Waals surface area contributed by atoms with Gasteiger partial charge in [0.05, 0.1) is 4.47 Å². The van der Waals surface area contributed by atoms with Crippen LogP contribution >= 0.6 is 15.9 Å². The Kier molecular flexibility index (Phi) is 4.84. The van der Waals surface area contributed by atoms with Crippen LogP contribution in [0.15, 0.2) is 16.6 Å². The first-order chi connectivity index (χ1) is 9.58. The van der Waals surface area contributed by atoms with E-state index in [-0.39, 0.29) is 12.3 Å². The molecule has 0 unspecified atom stereocenters. The third-order valence-electron chi connectivity index (χ3n) is 2.71. The minimum atomic E-state index is -0.874. The Morgan fingerprint density at radius 2 is 2.05 bits per heavy atom. The maximum absolute atomic E-state index is 12.0. The predicted octanol–water partition coefficient (Wildman–Crippen LogP) is 1.81. The van der Waals surface area contributed by atoms with Crippen LogP contribution in [-0.2, 0) is 4.79 Å². The van der Waals surface area contributed by atoms with E-state index < -0.39 is 5.97 Å². The fourth-order valence-corrected chi connectivity index (χ4v) is 2.34. The Balaban J connectivity index is 1.99. The maximum atomic E-state index is 12.0. The largest absolute Gasteiger partial charge is 0.486 e. The molecule has 1 aliphatic rings. The number of halogens is 1. The standard InChI is InChI=1S/C13H14BrNO5/c14-9-6-8(7-10-12(9)20-5-4-19-10)13(18)15-3-1-2-11(16)17/h6-7H,1-5H2,(H,15,18)(H,16,17). The number of fused-ring (bicyclic) bond motifs is 1. The van der Waals surface area contributed by atoms with E-state index in [0.717, 1.165) is 0 Å². The second-order valence-corrected chi connectivity index (χ2v) is 5.09. The molecule has 0 aromatic heterocycles. The van der Waals surface area contributed by atoms with Crippen molar-refractivity contribution in [1.29, 1.82) is 0 Å². The van der Waals surface area contributed by atoms with Crippen molar-refractivity contribution in [3.05, 3.63) is 22.2 Å². The highest BCUT2D eigenvalue weighted by Gasteiger charge is 2.18. The van der Waals surface area contributed by atoms with Crippen LogP contribution in [0.1, 0.15) is 23.2 Å². The van der Waals surface area contributed by atoms with Crippen LogP contribution in [0.25, 0.3) is 0 Å². The number of carboxylic acid groups (broad SMARTS) is 1. The highest BCUT2D eigenvalue weighted by molar-refractivity contribution is 9.10. The minimum absolute atomic E-state index is 0.0329. The van der Waals surface area contributed by atoms with Gasteiger partial charge in [-0.2, -0.15) is 0 Å². The second-order valence-electron chi connectivity index (χ2n) is 4.24. The Labute approximate surface area is 124 Å². The van der Waals surface area contributed by atoms with Gasteiger partial charge in [0.25, 0.3) is 5.91 Å². The number of benzene rings is 1. The summed E-state index contributed by atoms with van der Waals surface area (Å²) in [6, 6.07) is 3.27. The first kappa shape index (κ1) is 14.6. The molecule has 6 nitrogen and oxygen atoms in total. The van der Waals surface area contributed by atoms with Gasteiger partial charge in [-0.3, -0.25) is 9.59 Å². The van der Waals surface area contributed by atoms with E-state index in [9.17, 15) is 9.59 Å². The average molecular weight is 344 g/mol. The molecule has 7 heteroatoms. The number of aliphatic carboxylic acids is 1. The van der Waals surface area contributed by atoms with Crippen molar-refractivity contribution in [2.45, 2.75) is 12.8 Å². The summed E-state index contributed by atoms with van der Waals surface area (Å²) in [5, 5.41) is 11.2. The highest BCUT2D eigenvalue weighted by atomic mass is 79.9. The fraction of sp³-hybridized carbons (Fsp3) is 0.385. The molecule has 20 heavy (non-hydrogen) atoms. The van der Waals surface area contributed by atoms with E-state index in [4.69, 9.17) is 14.6 Å². The summed E-state index contributed by atoms with van der Waals surface area (Å²) in [6.07, 6.45) is 0.428. The van der Waals surface area contributed by atoms with E-state index >= 15 is 0 Å². The SMILES string of the molecule is O=C(O)CCCNC(=O)c1cc(Br)c2c(c1)OCCO2. The summed E-state index contributed by atoms with van der Waals surface area (Å²) < 4.78 is 11.5. The van der Waals surface area contributed by atoms with Crippen LogP contribution in [0, 0.1) is 0 Å². The van der Waals surface area contributed by atoms with E-state index in [1.54, 1.807) is 12.1 Å². The number of amides is 1. The monoisotopic (exact) mass is 343 g/mol. The summed E-state index contributed by atoms with van der Waals surface area (Å²) >= 11 is 3.34. The van der Waals surface area contributed by atoms with Gasteiger partial charge in [0.2, 0.25) is 0 Å². The summed E-state index contributed by atoms with van der Waals surface area (Å²) in [7, 11) is 0. The lowest BCUT2D eigenvalue weighted by Gasteiger charge is -2.20. The number of carboxylic acids is 1. The van der Waals surface area contributed by atoms with Gasteiger partial charge in [-0.1, -0.05) is 0 Å². The third-order valence-corrected chi connectivity index (χ3v) is 3.30. The Hall–Kier alpha value is -1.76. The summed E-state index contributed by atoms with van der Waals surface area (Å²) in [5.41, 5.74) is 0.441. The number of hydrogen-bond acceptors (Lipinski definition) is 4. The van der Waals surface area contributed by atoms with Gasteiger partial charge in [0.15, 0.2) is 11.5 Å². The van der Waals surface area contributed by atoms with E-state index in [0.29, 0.717) is 47.7 Å². The molecule has 0 saturated heterocycles. The molecule has 0 aliphatic carbocycles. The molecule has 1 aromatic rings. The molecular formula is C13H14BrNO5. The second kappa shape index (κ2) is 6.60. The van der Waals surface area contributed by atoms with Gasteiger partial charge < -0.3 is 19.9 Å².